The van der Waals surface area contributed by atoms with Crippen molar-refractivity contribution in [3.63, 3.8) is 0 Å². The van der Waals surface area contributed by atoms with Gasteiger partial charge in [-0.25, -0.2) is 0 Å². The second kappa shape index (κ2) is 7.72. The van der Waals surface area contributed by atoms with E-state index in [0.717, 1.165) is 5.56 Å². The van der Waals surface area contributed by atoms with Gasteiger partial charge in [0.2, 0.25) is 5.91 Å². The standard InChI is InChI=1S/C19H17N3O2S2/c1-12-3-5-14(6-4-12)11-17-18(24)22(19(25)26-17)16-9-7-15(8-10-16)21-20-13(2)23/h3-11,21H,1-2H3,(H,20,23)/b17-11+. The summed E-state index contributed by atoms with van der Waals surface area (Å²) >= 11 is 6.68. The lowest BCUT2D eigenvalue weighted by Gasteiger charge is -2.15. The Morgan fingerprint density at radius 3 is 2.38 bits per heavy atom. The van der Waals surface area contributed by atoms with Crippen molar-refractivity contribution in [1.82, 2.24) is 5.43 Å². The van der Waals surface area contributed by atoms with Gasteiger partial charge >= 0.3 is 0 Å². The Hall–Kier alpha value is -2.64. The maximum absolute atomic E-state index is 12.8. The minimum Gasteiger partial charge on any atom is -0.299 e. The number of carbonyl (C=O) groups excluding carboxylic acids is 2. The largest absolute Gasteiger partial charge is 0.299 e. The van der Waals surface area contributed by atoms with Gasteiger partial charge in [-0.2, -0.15) is 0 Å². The molecule has 2 N–H and O–H groups in total. The second-order valence-corrected chi connectivity index (χ2v) is 7.46. The fourth-order valence-electron chi connectivity index (χ4n) is 2.36. The third-order valence-electron chi connectivity index (χ3n) is 3.68. The maximum atomic E-state index is 12.8. The number of hydrogen-bond donors (Lipinski definition) is 2. The topological polar surface area (TPSA) is 61.4 Å². The van der Waals surface area contributed by atoms with Crippen molar-refractivity contribution >= 4 is 57.6 Å². The van der Waals surface area contributed by atoms with E-state index in [2.05, 4.69) is 10.9 Å². The molecule has 0 bridgehead atoms. The van der Waals surface area contributed by atoms with Gasteiger partial charge in [0.05, 0.1) is 16.3 Å². The molecule has 0 radical (unpaired) electrons. The quantitative estimate of drug-likeness (QED) is 0.477. The summed E-state index contributed by atoms with van der Waals surface area (Å²) in [5.74, 6) is -0.324. The lowest BCUT2D eigenvalue weighted by molar-refractivity contribution is -0.118. The van der Waals surface area contributed by atoms with Crippen LogP contribution < -0.4 is 15.8 Å². The molecule has 26 heavy (non-hydrogen) atoms. The average molecular weight is 383 g/mol. The van der Waals surface area contributed by atoms with Crippen LogP contribution in [-0.4, -0.2) is 16.1 Å². The van der Waals surface area contributed by atoms with Crippen LogP contribution in [0.1, 0.15) is 18.1 Å². The molecule has 0 atom stereocenters. The maximum Gasteiger partial charge on any atom is 0.270 e. The van der Waals surface area contributed by atoms with Crippen LogP contribution in [0.4, 0.5) is 11.4 Å². The van der Waals surface area contributed by atoms with E-state index in [1.165, 1.54) is 29.1 Å². The molecule has 0 aromatic heterocycles. The molecule has 5 nitrogen and oxygen atoms in total. The molecule has 2 amide bonds. The van der Waals surface area contributed by atoms with E-state index in [9.17, 15) is 9.59 Å². The second-order valence-electron chi connectivity index (χ2n) is 5.78. The summed E-state index contributed by atoms with van der Waals surface area (Å²) in [7, 11) is 0. The molecule has 0 unspecified atom stereocenters. The van der Waals surface area contributed by atoms with Crippen LogP contribution in [0, 0.1) is 6.92 Å². The monoisotopic (exact) mass is 383 g/mol. The highest BCUT2D eigenvalue weighted by molar-refractivity contribution is 8.27. The molecule has 1 fully saturated rings. The fourth-order valence-corrected chi connectivity index (χ4v) is 3.66. The van der Waals surface area contributed by atoms with Crippen molar-refractivity contribution in [3.05, 3.63) is 64.6 Å². The van der Waals surface area contributed by atoms with Crippen molar-refractivity contribution in [3.8, 4) is 0 Å². The van der Waals surface area contributed by atoms with Gasteiger partial charge in [0.1, 0.15) is 0 Å². The van der Waals surface area contributed by atoms with Crippen LogP contribution in [0.2, 0.25) is 0 Å². The van der Waals surface area contributed by atoms with Crippen LogP contribution in [0.15, 0.2) is 53.4 Å². The van der Waals surface area contributed by atoms with Crippen LogP contribution in [-0.2, 0) is 9.59 Å². The highest BCUT2D eigenvalue weighted by Gasteiger charge is 2.33. The van der Waals surface area contributed by atoms with E-state index < -0.39 is 0 Å². The lowest BCUT2D eigenvalue weighted by atomic mass is 10.1. The number of thiocarbonyl (C=S) groups is 1. The predicted octanol–water partition coefficient (Wildman–Crippen LogP) is 3.86. The molecule has 1 saturated heterocycles. The molecule has 0 aliphatic carbocycles. The van der Waals surface area contributed by atoms with E-state index >= 15 is 0 Å². The number of rotatable bonds is 4. The van der Waals surface area contributed by atoms with Crippen molar-refractivity contribution in [2.24, 2.45) is 0 Å². The number of hydrogen-bond acceptors (Lipinski definition) is 5. The third kappa shape index (κ3) is 4.12. The molecule has 1 aliphatic rings. The van der Waals surface area contributed by atoms with Gasteiger partial charge in [-0.1, -0.05) is 53.8 Å². The number of anilines is 2. The number of thioether (sulfide) groups is 1. The average Bonchev–Trinajstić information content (AvgIpc) is 2.89. The van der Waals surface area contributed by atoms with Gasteiger partial charge < -0.3 is 0 Å². The molecule has 0 spiro atoms. The van der Waals surface area contributed by atoms with Crippen molar-refractivity contribution in [2.75, 3.05) is 10.3 Å². The Labute approximate surface area is 161 Å². The zero-order chi connectivity index (χ0) is 18.7. The van der Waals surface area contributed by atoms with Crippen molar-refractivity contribution in [2.45, 2.75) is 13.8 Å². The van der Waals surface area contributed by atoms with Crippen molar-refractivity contribution < 1.29 is 9.59 Å². The molecule has 2 aromatic rings. The molecular formula is C19H17N3O2S2. The number of nitrogens with zero attached hydrogens (tertiary/aromatic N) is 1. The normalized spacial score (nSPS) is 15.5. The summed E-state index contributed by atoms with van der Waals surface area (Å²) in [5, 5.41) is 0. The fraction of sp³-hybridized carbons (Fsp3) is 0.105. The first-order chi connectivity index (χ1) is 12.4. The highest BCUT2D eigenvalue weighted by atomic mass is 32.2. The zero-order valence-electron chi connectivity index (χ0n) is 14.3. The van der Waals surface area contributed by atoms with E-state index in [0.29, 0.717) is 20.6 Å². The van der Waals surface area contributed by atoms with Crippen LogP contribution in [0.25, 0.3) is 6.08 Å². The first kappa shape index (κ1) is 18.2. The van der Waals surface area contributed by atoms with E-state index in [4.69, 9.17) is 12.2 Å². The van der Waals surface area contributed by atoms with E-state index in [-0.39, 0.29) is 11.8 Å². The summed E-state index contributed by atoms with van der Waals surface area (Å²) < 4.78 is 0.496. The summed E-state index contributed by atoms with van der Waals surface area (Å²) in [6, 6.07) is 15.1. The minimum atomic E-state index is -0.188. The lowest BCUT2D eigenvalue weighted by Crippen LogP contribution is -2.28. The van der Waals surface area contributed by atoms with Gasteiger partial charge in [0.25, 0.3) is 5.91 Å². The molecule has 132 valence electrons. The number of amides is 2. The molecule has 1 heterocycles. The van der Waals surface area contributed by atoms with Gasteiger partial charge in [-0.05, 0) is 42.8 Å². The SMILES string of the molecule is CC(=O)NNc1ccc(N2C(=O)/C(=C\c3ccc(C)cc3)SC2=S)cc1. The molecule has 2 aromatic carbocycles. The molecular weight excluding hydrogens is 366 g/mol. The Kier molecular flexibility index (Phi) is 5.39. The van der Waals surface area contributed by atoms with Gasteiger partial charge in [0.15, 0.2) is 4.32 Å². The summed E-state index contributed by atoms with van der Waals surface area (Å²) in [5.41, 5.74) is 8.81. The third-order valence-corrected chi connectivity index (χ3v) is 4.98. The summed E-state index contributed by atoms with van der Waals surface area (Å²) in [6.07, 6.45) is 1.85. The van der Waals surface area contributed by atoms with Crippen molar-refractivity contribution in [1.29, 1.82) is 0 Å². The number of benzene rings is 2. The Morgan fingerprint density at radius 1 is 1.12 bits per heavy atom. The van der Waals surface area contributed by atoms with E-state index in [1.807, 2.05) is 37.3 Å². The number of hydrazine groups is 1. The van der Waals surface area contributed by atoms with Gasteiger partial charge in [-0.15, -0.1) is 0 Å². The van der Waals surface area contributed by atoms with Crippen LogP contribution in [0.5, 0.6) is 0 Å². The number of aryl methyl sites for hydroxylation is 1. The Morgan fingerprint density at radius 2 is 1.77 bits per heavy atom. The van der Waals surface area contributed by atoms with Gasteiger partial charge in [-0.3, -0.25) is 25.3 Å². The first-order valence-electron chi connectivity index (χ1n) is 7.91. The number of nitrogens with one attached hydrogen (secondary N) is 2. The van der Waals surface area contributed by atoms with E-state index in [1.54, 1.807) is 24.3 Å². The summed E-state index contributed by atoms with van der Waals surface area (Å²) in [4.78, 5) is 25.8. The van der Waals surface area contributed by atoms with Crippen LogP contribution in [0.3, 0.4) is 0 Å². The minimum absolute atomic E-state index is 0.136. The van der Waals surface area contributed by atoms with Gasteiger partial charge in [0, 0.05) is 6.92 Å². The Balaban J connectivity index is 1.78. The molecule has 7 heteroatoms. The Bertz CT molecular complexity index is 890. The number of carbonyl (C=O) groups is 2. The molecule has 3 rings (SSSR count). The summed E-state index contributed by atoms with van der Waals surface area (Å²) in [6.45, 7) is 3.44. The zero-order valence-corrected chi connectivity index (χ0v) is 15.9. The highest BCUT2D eigenvalue weighted by Crippen LogP contribution is 2.36. The smallest absolute Gasteiger partial charge is 0.270 e. The predicted molar refractivity (Wildman–Crippen MR) is 111 cm³/mol. The molecule has 1 aliphatic heterocycles. The van der Waals surface area contributed by atoms with Crippen LogP contribution >= 0.6 is 24.0 Å². The molecule has 0 saturated carbocycles. The first-order valence-corrected chi connectivity index (χ1v) is 9.14.